The van der Waals surface area contributed by atoms with Crippen molar-refractivity contribution < 1.29 is 9.59 Å². The van der Waals surface area contributed by atoms with E-state index in [0.29, 0.717) is 18.5 Å². The van der Waals surface area contributed by atoms with Gasteiger partial charge >= 0.3 is 6.03 Å². The number of urea groups is 1. The third-order valence-electron chi connectivity index (χ3n) is 5.45. The smallest absolute Gasteiger partial charge is 0.315 e. The molecule has 4 heteroatoms. The van der Waals surface area contributed by atoms with Gasteiger partial charge in [0.2, 0.25) is 0 Å². The van der Waals surface area contributed by atoms with Crippen LogP contribution in [0.5, 0.6) is 0 Å². The van der Waals surface area contributed by atoms with Crippen molar-refractivity contribution in [1.82, 2.24) is 10.6 Å². The molecule has 4 nitrogen and oxygen atoms in total. The maximum absolute atomic E-state index is 12.2. The lowest BCUT2D eigenvalue weighted by Crippen LogP contribution is -2.42. The first-order chi connectivity index (χ1) is 13.1. The van der Waals surface area contributed by atoms with Crippen molar-refractivity contribution >= 4 is 11.8 Å². The van der Waals surface area contributed by atoms with Crippen LogP contribution in [0, 0.1) is 6.92 Å². The zero-order valence-corrected chi connectivity index (χ0v) is 16.9. The van der Waals surface area contributed by atoms with Crippen LogP contribution in [0.4, 0.5) is 4.79 Å². The predicted molar refractivity (Wildman–Crippen MR) is 111 cm³/mol. The molecule has 1 fully saturated rings. The third-order valence-corrected chi connectivity index (χ3v) is 5.45. The summed E-state index contributed by atoms with van der Waals surface area (Å²) >= 11 is 0. The molecule has 0 bridgehead atoms. The molecule has 0 unspecified atom stereocenters. The van der Waals surface area contributed by atoms with Crippen LogP contribution in [-0.4, -0.2) is 24.4 Å². The summed E-state index contributed by atoms with van der Waals surface area (Å²) in [6.45, 7) is 2.38. The van der Waals surface area contributed by atoms with Crippen LogP contribution < -0.4 is 10.6 Å². The second-order valence-corrected chi connectivity index (χ2v) is 7.90. The van der Waals surface area contributed by atoms with Gasteiger partial charge in [0, 0.05) is 24.6 Å². The van der Waals surface area contributed by atoms with E-state index >= 15 is 0 Å². The summed E-state index contributed by atoms with van der Waals surface area (Å²) in [5.41, 5.74) is 1.85. The van der Waals surface area contributed by atoms with Crippen LogP contribution in [0.3, 0.4) is 0 Å². The number of benzene rings is 1. The van der Waals surface area contributed by atoms with Crippen molar-refractivity contribution in [1.29, 1.82) is 0 Å². The number of carbonyl (C=O) groups excluding carboxylic acids is 2. The van der Waals surface area contributed by atoms with Gasteiger partial charge in [-0.05, 0) is 19.8 Å². The van der Waals surface area contributed by atoms with Crippen LogP contribution in [0.1, 0.15) is 93.0 Å². The minimum atomic E-state index is -0.135. The van der Waals surface area contributed by atoms with Gasteiger partial charge in [0.1, 0.15) is 0 Å². The Hall–Kier alpha value is -1.84. The Balaban J connectivity index is 1.68. The maximum atomic E-state index is 12.2. The maximum Gasteiger partial charge on any atom is 0.315 e. The van der Waals surface area contributed by atoms with E-state index in [4.69, 9.17) is 0 Å². The van der Waals surface area contributed by atoms with E-state index < -0.39 is 0 Å². The van der Waals surface area contributed by atoms with E-state index in [1.54, 1.807) is 0 Å². The molecule has 1 aliphatic carbocycles. The molecule has 27 heavy (non-hydrogen) atoms. The number of carbonyl (C=O) groups is 2. The normalized spacial score (nSPS) is 17.4. The molecule has 150 valence electrons. The first-order valence-electron chi connectivity index (χ1n) is 10.8. The van der Waals surface area contributed by atoms with E-state index in [1.807, 2.05) is 31.2 Å². The standard InChI is InChI=1S/C23H36N2O2/c1-19-13-15-20(16-14-19)22(26)17-18-24-23(27)25-21-11-9-7-5-3-2-4-6-8-10-12-21/h13-16,21H,2-12,17-18H2,1H3,(H2,24,25,27). The monoisotopic (exact) mass is 372 g/mol. The molecule has 1 saturated carbocycles. The molecule has 2 rings (SSSR count). The van der Waals surface area contributed by atoms with Crippen LogP contribution in [0.25, 0.3) is 0 Å². The number of aryl methyl sites for hydroxylation is 1. The zero-order valence-electron chi connectivity index (χ0n) is 16.9. The SMILES string of the molecule is Cc1ccc(C(=O)CCNC(=O)NC2CCCCCCCCCCC2)cc1. The van der Waals surface area contributed by atoms with Gasteiger partial charge in [-0.15, -0.1) is 0 Å². The van der Waals surface area contributed by atoms with Crippen molar-refractivity contribution in [3.63, 3.8) is 0 Å². The Morgan fingerprint density at radius 2 is 1.37 bits per heavy atom. The van der Waals surface area contributed by atoms with Gasteiger partial charge in [-0.2, -0.15) is 0 Å². The van der Waals surface area contributed by atoms with Crippen LogP contribution in [-0.2, 0) is 0 Å². The fourth-order valence-corrected chi connectivity index (χ4v) is 3.72. The summed E-state index contributed by atoms with van der Waals surface area (Å²) in [5, 5.41) is 5.99. The molecular weight excluding hydrogens is 336 g/mol. The molecular formula is C23H36N2O2. The van der Waals surface area contributed by atoms with E-state index in [0.717, 1.165) is 18.4 Å². The lowest BCUT2D eigenvalue weighted by atomic mass is 9.98. The van der Waals surface area contributed by atoms with Crippen molar-refractivity contribution in [3.05, 3.63) is 35.4 Å². The Kier molecular flexibility index (Phi) is 9.96. The zero-order chi connectivity index (χ0) is 19.3. The van der Waals surface area contributed by atoms with Crippen molar-refractivity contribution in [2.24, 2.45) is 0 Å². The second-order valence-electron chi connectivity index (χ2n) is 7.90. The molecule has 2 amide bonds. The molecule has 0 spiro atoms. The summed E-state index contributed by atoms with van der Waals surface area (Å²) < 4.78 is 0. The van der Waals surface area contributed by atoms with Gasteiger partial charge in [0.15, 0.2) is 5.78 Å². The molecule has 0 aliphatic heterocycles. The molecule has 0 heterocycles. The summed E-state index contributed by atoms with van der Waals surface area (Å²) in [6, 6.07) is 7.71. The summed E-state index contributed by atoms with van der Waals surface area (Å²) in [4.78, 5) is 24.4. The van der Waals surface area contributed by atoms with Crippen molar-refractivity contribution in [3.8, 4) is 0 Å². The number of ketones is 1. The highest BCUT2D eigenvalue weighted by molar-refractivity contribution is 5.96. The number of nitrogens with one attached hydrogen (secondary N) is 2. The number of hydrogen-bond donors (Lipinski definition) is 2. The minimum Gasteiger partial charge on any atom is -0.338 e. The van der Waals surface area contributed by atoms with Gasteiger partial charge in [-0.3, -0.25) is 4.79 Å². The molecule has 0 saturated heterocycles. The molecule has 0 aromatic heterocycles. The van der Waals surface area contributed by atoms with Crippen molar-refractivity contribution in [2.75, 3.05) is 6.54 Å². The predicted octanol–water partition coefficient (Wildman–Crippen LogP) is 5.54. The average Bonchev–Trinajstić information content (AvgIpc) is 2.64. The first-order valence-corrected chi connectivity index (χ1v) is 10.8. The number of amides is 2. The average molecular weight is 373 g/mol. The van der Waals surface area contributed by atoms with Crippen LogP contribution in [0.15, 0.2) is 24.3 Å². The first kappa shape index (κ1) is 21.5. The Bertz CT molecular complexity index is 556. The van der Waals surface area contributed by atoms with E-state index in [1.165, 1.54) is 57.8 Å². The molecule has 1 aromatic carbocycles. The topological polar surface area (TPSA) is 58.2 Å². The minimum absolute atomic E-state index is 0.0707. The van der Waals surface area contributed by atoms with Gasteiger partial charge in [0.25, 0.3) is 0 Å². The van der Waals surface area contributed by atoms with E-state index in [-0.39, 0.29) is 17.9 Å². The highest BCUT2D eigenvalue weighted by Gasteiger charge is 2.13. The molecule has 1 aliphatic rings. The third kappa shape index (κ3) is 9.07. The van der Waals surface area contributed by atoms with Crippen LogP contribution in [0.2, 0.25) is 0 Å². The molecule has 0 radical (unpaired) electrons. The largest absolute Gasteiger partial charge is 0.338 e. The lowest BCUT2D eigenvalue weighted by Gasteiger charge is -2.20. The highest BCUT2D eigenvalue weighted by Crippen LogP contribution is 2.17. The van der Waals surface area contributed by atoms with Gasteiger partial charge in [-0.1, -0.05) is 87.6 Å². The molecule has 0 atom stereocenters. The van der Waals surface area contributed by atoms with E-state index in [9.17, 15) is 9.59 Å². The van der Waals surface area contributed by atoms with E-state index in [2.05, 4.69) is 10.6 Å². The lowest BCUT2D eigenvalue weighted by molar-refractivity contribution is 0.0983. The number of hydrogen-bond acceptors (Lipinski definition) is 2. The Morgan fingerprint density at radius 3 is 1.93 bits per heavy atom. The summed E-state index contributed by atoms with van der Waals surface area (Å²) in [6.07, 6.45) is 14.1. The Morgan fingerprint density at radius 1 is 0.852 bits per heavy atom. The summed E-state index contributed by atoms with van der Waals surface area (Å²) in [7, 11) is 0. The fourth-order valence-electron chi connectivity index (χ4n) is 3.72. The molecule has 2 N–H and O–H groups in total. The number of rotatable bonds is 5. The quantitative estimate of drug-likeness (QED) is 0.667. The van der Waals surface area contributed by atoms with Gasteiger partial charge < -0.3 is 10.6 Å². The number of Topliss-reactive ketones (excluding diaryl/α,β-unsaturated/α-hetero) is 1. The Labute approximate surface area is 164 Å². The molecule has 1 aromatic rings. The van der Waals surface area contributed by atoms with Crippen molar-refractivity contribution in [2.45, 2.75) is 90.0 Å². The van der Waals surface area contributed by atoms with Gasteiger partial charge in [-0.25, -0.2) is 4.79 Å². The van der Waals surface area contributed by atoms with Crippen LogP contribution >= 0.6 is 0 Å². The van der Waals surface area contributed by atoms with Gasteiger partial charge in [0.05, 0.1) is 0 Å². The highest BCUT2D eigenvalue weighted by atomic mass is 16.2. The fraction of sp³-hybridized carbons (Fsp3) is 0.652. The summed E-state index contributed by atoms with van der Waals surface area (Å²) in [5.74, 6) is 0.0707. The second kappa shape index (κ2) is 12.5.